The van der Waals surface area contributed by atoms with Crippen molar-refractivity contribution in [1.82, 2.24) is 0 Å². The van der Waals surface area contributed by atoms with Gasteiger partial charge in [0.15, 0.2) is 0 Å². The molecule has 0 saturated carbocycles. The molecular formula is C10H11NO2. The number of benzene rings is 1. The van der Waals surface area contributed by atoms with Crippen LogP contribution < -0.4 is 4.90 Å². The van der Waals surface area contributed by atoms with Gasteiger partial charge in [-0.15, -0.1) is 0 Å². The summed E-state index contributed by atoms with van der Waals surface area (Å²) in [5, 5.41) is 8.86. The normalized spacial score (nSPS) is 14.4. The minimum absolute atomic E-state index is 0.591. The molecule has 0 bridgehead atoms. The highest BCUT2D eigenvalue weighted by Gasteiger charge is 2.23. The Morgan fingerprint density at radius 1 is 1.54 bits per heavy atom. The van der Waals surface area contributed by atoms with E-state index in [0.29, 0.717) is 6.54 Å². The third kappa shape index (κ3) is 1.26. The maximum atomic E-state index is 10.8. The molecule has 1 aliphatic rings. The van der Waals surface area contributed by atoms with E-state index in [9.17, 15) is 4.79 Å². The average Bonchev–Trinajstić information content (AvgIpc) is 2.46. The first kappa shape index (κ1) is 8.10. The smallest absolute Gasteiger partial charge is 0.411 e. The number of carboxylic acid groups (broad SMARTS) is 1. The van der Waals surface area contributed by atoms with Gasteiger partial charge >= 0.3 is 6.09 Å². The SMILES string of the molecule is Cc1ccc2c(c1)CCN2C(=O)O. The van der Waals surface area contributed by atoms with E-state index >= 15 is 0 Å². The van der Waals surface area contributed by atoms with E-state index in [2.05, 4.69) is 6.07 Å². The van der Waals surface area contributed by atoms with Crippen molar-refractivity contribution in [3.8, 4) is 0 Å². The fourth-order valence-electron chi connectivity index (χ4n) is 1.73. The Morgan fingerprint density at radius 2 is 2.31 bits per heavy atom. The van der Waals surface area contributed by atoms with Crippen LogP contribution in [0.4, 0.5) is 10.5 Å². The van der Waals surface area contributed by atoms with E-state index in [1.54, 1.807) is 0 Å². The molecule has 0 unspecified atom stereocenters. The molecule has 3 nitrogen and oxygen atoms in total. The van der Waals surface area contributed by atoms with Crippen molar-refractivity contribution in [2.45, 2.75) is 13.3 Å². The summed E-state index contributed by atoms with van der Waals surface area (Å²) >= 11 is 0. The van der Waals surface area contributed by atoms with Gasteiger partial charge in [-0.1, -0.05) is 17.7 Å². The van der Waals surface area contributed by atoms with Crippen molar-refractivity contribution in [2.75, 3.05) is 11.4 Å². The van der Waals surface area contributed by atoms with Crippen LogP contribution in [0, 0.1) is 6.92 Å². The molecule has 0 saturated heterocycles. The van der Waals surface area contributed by atoms with Crippen LogP contribution in [-0.2, 0) is 6.42 Å². The molecule has 13 heavy (non-hydrogen) atoms. The number of nitrogens with zero attached hydrogens (tertiary/aromatic N) is 1. The first-order valence-corrected chi connectivity index (χ1v) is 4.28. The number of amides is 1. The Balaban J connectivity index is 2.44. The fraction of sp³-hybridized carbons (Fsp3) is 0.300. The van der Waals surface area contributed by atoms with Gasteiger partial charge in [-0.05, 0) is 25.0 Å². The molecule has 2 rings (SSSR count). The second kappa shape index (κ2) is 2.76. The van der Waals surface area contributed by atoms with Crippen molar-refractivity contribution in [3.63, 3.8) is 0 Å². The van der Waals surface area contributed by atoms with Gasteiger partial charge in [0, 0.05) is 6.54 Å². The van der Waals surface area contributed by atoms with Crippen LogP contribution >= 0.6 is 0 Å². The molecule has 1 aromatic rings. The Hall–Kier alpha value is -1.51. The number of aryl methyl sites for hydroxylation is 1. The summed E-state index contributed by atoms with van der Waals surface area (Å²) in [6.07, 6.45) is -0.0221. The van der Waals surface area contributed by atoms with Gasteiger partial charge in [-0.3, -0.25) is 4.90 Å². The Kier molecular flexibility index (Phi) is 1.72. The maximum Gasteiger partial charge on any atom is 0.411 e. The summed E-state index contributed by atoms with van der Waals surface area (Å²) in [7, 11) is 0. The lowest BCUT2D eigenvalue weighted by molar-refractivity contribution is 0.202. The molecule has 1 N–H and O–H groups in total. The lowest BCUT2D eigenvalue weighted by Gasteiger charge is -2.12. The lowest BCUT2D eigenvalue weighted by atomic mass is 10.1. The van der Waals surface area contributed by atoms with Crippen LogP contribution in [0.15, 0.2) is 18.2 Å². The molecule has 0 aliphatic carbocycles. The number of hydrogen-bond acceptors (Lipinski definition) is 1. The molecule has 3 heteroatoms. The predicted molar refractivity (Wildman–Crippen MR) is 50.3 cm³/mol. The van der Waals surface area contributed by atoms with Gasteiger partial charge in [0.1, 0.15) is 0 Å². The third-order valence-corrected chi connectivity index (χ3v) is 2.36. The van der Waals surface area contributed by atoms with Crippen LogP contribution in [-0.4, -0.2) is 17.7 Å². The quantitative estimate of drug-likeness (QED) is 0.658. The summed E-state index contributed by atoms with van der Waals surface area (Å²) in [4.78, 5) is 12.2. The summed E-state index contributed by atoms with van der Waals surface area (Å²) in [5.74, 6) is 0. The van der Waals surface area contributed by atoms with Crippen LogP contribution in [0.3, 0.4) is 0 Å². The number of carbonyl (C=O) groups is 1. The number of fused-ring (bicyclic) bond motifs is 1. The monoisotopic (exact) mass is 177 g/mol. The Labute approximate surface area is 76.6 Å². The van der Waals surface area contributed by atoms with Crippen molar-refractivity contribution in [3.05, 3.63) is 29.3 Å². The predicted octanol–water partition coefficient (Wildman–Crippen LogP) is 2.04. The van der Waals surface area contributed by atoms with E-state index in [1.807, 2.05) is 19.1 Å². The zero-order valence-electron chi connectivity index (χ0n) is 7.45. The van der Waals surface area contributed by atoms with Gasteiger partial charge < -0.3 is 5.11 Å². The highest BCUT2D eigenvalue weighted by molar-refractivity contribution is 5.88. The topological polar surface area (TPSA) is 40.5 Å². The van der Waals surface area contributed by atoms with E-state index in [1.165, 1.54) is 10.5 Å². The summed E-state index contributed by atoms with van der Waals surface area (Å²) < 4.78 is 0. The van der Waals surface area contributed by atoms with Gasteiger partial charge in [0.05, 0.1) is 5.69 Å². The van der Waals surface area contributed by atoms with Gasteiger partial charge in [-0.2, -0.15) is 0 Å². The summed E-state index contributed by atoms with van der Waals surface area (Å²) in [6, 6.07) is 5.88. The second-order valence-electron chi connectivity index (χ2n) is 3.32. The maximum absolute atomic E-state index is 10.8. The fourth-order valence-corrected chi connectivity index (χ4v) is 1.73. The van der Waals surface area contributed by atoms with Crippen LogP contribution in [0.25, 0.3) is 0 Å². The number of rotatable bonds is 0. The zero-order valence-corrected chi connectivity index (χ0v) is 7.45. The molecule has 1 amide bonds. The van der Waals surface area contributed by atoms with E-state index < -0.39 is 6.09 Å². The second-order valence-corrected chi connectivity index (χ2v) is 3.32. The molecule has 1 aromatic carbocycles. The van der Waals surface area contributed by atoms with Crippen LogP contribution in [0.2, 0.25) is 0 Å². The third-order valence-electron chi connectivity index (χ3n) is 2.36. The van der Waals surface area contributed by atoms with E-state index in [-0.39, 0.29) is 0 Å². The Morgan fingerprint density at radius 3 is 3.00 bits per heavy atom. The molecule has 0 fully saturated rings. The Bertz CT molecular complexity index is 360. The molecule has 0 atom stereocenters. The average molecular weight is 177 g/mol. The van der Waals surface area contributed by atoms with Gasteiger partial charge in [0.25, 0.3) is 0 Å². The number of hydrogen-bond donors (Lipinski definition) is 1. The minimum atomic E-state index is -0.859. The first-order chi connectivity index (χ1) is 6.18. The standard InChI is InChI=1S/C10H11NO2/c1-7-2-3-9-8(6-7)4-5-11(9)10(12)13/h2-3,6H,4-5H2,1H3,(H,12,13). The summed E-state index contributed by atoms with van der Waals surface area (Å²) in [5.41, 5.74) is 3.17. The van der Waals surface area contributed by atoms with Gasteiger partial charge in [-0.25, -0.2) is 4.79 Å². The largest absolute Gasteiger partial charge is 0.465 e. The van der Waals surface area contributed by atoms with Crippen LogP contribution in [0.1, 0.15) is 11.1 Å². The van der Waals surface area contributed by atoms with Crippen molar-refractivity contribution in [1.29, 1.82) is 0 Å². The molecule has 1 aliphatic heterocycles. The number of anilines is 1. The highest BCUT2D eigenvalue weighted by atomic mass is 16.4. The molecule has 0 spiro atoms. The highest BCUT2D eigenvalue weighted by Crippen LogP contribution is 2.28. The van der Waals surface area contributed by atoms with Crippen molar-refractivity contribution >= 4 is 11.8 Å². The molecule has 1 heterocycles. The molecular weight excluding hydrogens is 166 g/mol. The molecule has 68 valence electrons. The van der Waals surface area contributed by atoms with Crippen LogP contribution in [0.5, 0.6) is 0 Å². The van der Waals surface area contributed by atoms with Crippen molar-refractivity contribution < 1.29 is 9.90 Å². The first-order valence-electron chi connectivity index (χ1n) is 4.28. The summed E-state index contributed by atoms with van der Waals surface area (Å²) in [6.45, 7) is 2.61. The zero-order chi connectivity index (χ0) is 9.42. The molecule has 0 aromatic heterocycles. The minimum Gasteiger partial charge on any atom is -0.465 e. The van der Waals surface area contributed by atoms with Gasteiger partial charge in [0.2, 0.25) is 0 Å². The van der Waals surface area contributed by atoms with Crippen molar-refractivity contribution in [2.24, 2.45) is 0 Å². The van der Waals surface area contributed by atoms with E-state index in [0.717, 1.165) is 17.7 Å². The lowest BCUT2D eigenvalue weighted by Crippen LogP contribution is -2.26. The van der Waals surface area contributed by atoms with E-state index in [4.69, 9.17) is 5.11 Å². The molecule has 0 radical (unpaired) electrons.